The smallest absolute Gasteiger partial charge is 0.0504 e. The number of hydrogen-bond acceptors (Lipinski definition) is 2. The second kappa shape index (κ2) is 14.3. The fraction of sp³-hybridized carbons (Fsp3) is 0. The van der Waals surface area contributed by atoms with Gasteiger partial charge in [-0.15, -0.1) is 18.2 Å². The van der Waals surface area contributed by atoms with Gasteiger partial charge in [0.05, 0.1) is 16.1 Å². The number of anilines is 2. The van der Waals surface area contributed by atoms with Crippen molar-refractivity contribution in [1.82, 2.24) is 0 Å². The van der Waals surface area contributed by atoms with Gasteiger partial charge in [-0.25, -0.2) is 0 Å². The third kappa shape index (κ3) is 7.27. The molecule has 5 aromatic rings. The van der Waals surface area contributed by atoms with Crippen LogP contribution in [0, 0.1) is 6.07 Å². The van der Waals surface area contributed by atoms with Crippen molar-refractivity contribution < 1.29 is 18.2 Å². The molecule has 2 nitrogen and oxygen atoms in total. The van der Waals surface area contributed by atoms with E-state index in [2.05, 4.69) is 183 Å². The third-order valence-corrected chi connectivity index (χ3v) is 9.50. The molecule has 5 aromatic carbocycles. The molecule has 0 atom stereocenters. The molecule has 36 heavy (non-hydrogen) atoms. The number of halogens is 1. The second-order valence-electron chi connectivity index (χ2n) is 7.71. The molecular formula is C30H25ClN2P2Pd. The maximum absolute atomic E-state index is 4.49. The standard InChI is InChI=1S/C30H25N2P2.ClH.Pd/c1-5-16-27(17-6-1)33(28-18-7-2-8-19-28)31-25-14-13-15-26(24-25)32-34(29-20-9-3-10-21-29)30-22-11-4-12-23-30;;/h1-23,31-32H;1H;/q-1;;+2/p-1. The quantitative estimate of drug-likeness (QED) is 0.110. The minimum Gasteiger partial charge on any atom is -0.380 e. The van der Waals surface area contributed by atoms with E-state index < -0.39 is 16.1 Å². The average Bonchev–Trinajstić information content (AvgIpc) is 2.98. The first-order valence-electron chi connectivity index (χ1n) is 11.3. The van der Waals surface area contributed by atoms with Crippen LogP contribution >= 0.6 is 25.7 Å². The van der Waals surface area contributed by atoms with E-state index in [-0.39, 0.29) is 0 Å². The Bertz CT molecular complexity index is 1130. The zero-order chi connectivity index (χ0) is 25.0. The fourth-order valence-electron chi connectivity index (χ4n) is 3.70. The van der Waals surface area contributed by atoms with Gasteiger partial charge in [-0.2, -0.15) is 6.07 Å². The van der Waals surface area contributed by atoms with Crippen molar-refractivity contribution in [1.29, 1.82) is 0 Å². The minimum atomic E-state index is -0.751. The predicted octanol–water partition coefficient (Wildman–Crippen LogP) is 7.09. The Morgan fingerprint density at radius 2 is 0.694 bits per heavy atom. The Morgan fingerprint density at radius 1 is 0.417 bits per heavy atom. The molecule has 0 saturated carbocycles. The Balaban J connectivity index is 0.00000148. The SMILES string of the molecule is [Cl][Pd+].[c-]1c(NP(c2ccccc2)c2ccccc2)cccc1NP(c1ccccc1)c1ccccc1. The van der Waals surface area contributed by atoms with Crippen molar-refractivity contribution >= 4 is 58.3 Å². The molecule has 0 fully saturated rings. The van der Waals surface area contributed by atoms with Crippen LogP contribution in [0.2, 0.25) is 0 Å². The second-order valence-corrected chi connectivity index (χ2v) is 11.6. The molecule has 2 N–H and O–H groups in total. The largest absolute Gasteiger partial charge is 0.380 e. The van der Waals surface area contributed by atoms with Crippen LogP contribution in [0.15, 0.2) is 140 Å². The molecule has 0 aliphatic rings. The summed E-state index contributed by atoms with van der Waals surface area (Å²) in [7, 11) is 2.99. The summed E-state index contributed by atoms with van der Waals surface area (Å²) in [5.41, 5.74) is 1.97. The maximum Gasteiger partial charge on any atom is 0.0504 e. The van der Waals surface area contributed by atoms with E-state index in [0.29, 0.717) is 0 Å². The van der Waals surface area contributed by atoms with Gasteiger partial charge in [0.2, 0.25) is 0 Å². The molecule has 0 aliphatic carbocycles. The zero-order valence-corrected chi connectivity index (χ0v) is 23.5. The number of rotatable bonds is 8. The van der Waals surface area contributed by atoms with Crippen LogP contribution in [0.1, 0.15) is 0 Å². The summed E-state index contributed by atoms with van der Waals surface area (Å²) in [5, 5.41) is 12.7. The summed E-state index contributed by atoms with van der Waals surface area (Å²) >= 11 is 2.22. The molecule has 0 bridgehead atoms. The Hall–Kier alpha value is -2.49. The molecule has 0 aliphatic heterocycles. The van der Waals surface area contributed by atoms with E-state index in [1.165, 1.54) is 21.2 Å². The van der Waals surface area contributed by atoms with Gasteiger partial charge >= 0.3 is 27.7 Å². The van der Waals surface area contributed by atoms with Gasteiger partial charge in [0, 0.05) is 21.2 Å². The zero-order valence-electron chi connectivity index (χ0n) is 19.4. The Morgan fingerprint density at radius 3 is 0.972 bits per heavy atom. The topological polar surface area (TPSA) is 24.1 Å². The molecule has 0 saturated heterocycles. The molecule has 0 unspecified atom stereocenters. The maximum atomic E-state index is 4.49. The molecule has 6 heteroatoms. The predicted molar refractivity (Wildman–Crippen MR) is 157 cm³/mol. The molecule has 0 heterocycles. The van der Waals surface area contributed by atoms with Gasteiger partial charge in [-0.1, -0.05) is 133 Å². The van der Waals surface area contributed by atoms with Crippen molar-refractivity contribution in [3.63, 3.8) is 0 Å². The van der Waals surface area contributed by atoms with E-state index in [1.54, 1.807) is 0 Å². The molecule has 0 radical (unpaired) electrons. The molecular weight excluding hydrogens is 592 g/mol. The van der Waals surface area contributed by atoms with Gasteiger partial charge in [-0.3, -0.25) is 0 Å². The van der Waals surface area contributed by atoms with Crippen LogP contribution in [0.25, 0.3) is 0 Å². The summed E-state index contributed by atoms with van der Waals surface area (Å²) in [5.74, 6) is 0. The van der Waals surface area contributed by atoms with Gasteiger partial charge < -0.3 is 10.2 Å². The van der Waals surface area contributed by atoms with Gasteiger partial charge in [0.1, 0.15) is 0 Å². The van der Waals surface area contributed by atoms with Crippen LogP contribution in [0.3, 0.4) is 0 Å². The van der Waals surface area contributed by atoms with Crippen molar-refractivity contribution in [2.24, 2.45) is 0 Å². The molecule has 0 aromatic heterocycles. The van der Waals surface area contributed by atoms with Crippen molar-refractivity contribution in [2.45, 2.75) is 0 Å². The van der Waals surface area contributed by atoms with E-state index in [4.69, 9.17) is 0 Å². The van der Waals surface area contributed by atoms with Crippen LogP contribution in [-0.4, -0.2) is 0 Å². The fourth-order valence-corrected chi connectivity index (χ4v) is 7.44. The first-order chi connectivity index (χ1) is 17.9. The van der Waals surface area contributed by atoms with Gasteiger partial charge in [-0.05, 0) is 0 Å². The minimum absolute atomic E-state index is 0.751. The molecule has 182 valence electrons. The van der Waals surface area contributed by atoms with Crippen LogP contribution in [0.5, 0.6) is 0 Å². The van der Waals surface area contributed by atoms with E-state index in [0.717, 1.165) is 11.4 Å². The van der Waals surface area contributed by atoms with E-state index in [1.807, 2.05) is 0 Å². The molecule has 0 amide bonds. The van der Waals surface area contributed by atoms with Crippen LogP contribution in [0.4, 0.5) is 11.4 Å². The summed E-state index contributed by atoms with van der Waals surface area (Å²) < 4.78 is 0. The monoisotopic (exact) mass is 616 g/mol. The van der Waals surface area contributed by atoms with Crippen LogP contribution < -0.4 is 31.4 Å². The Kier molecular flexibility index (Phi) is 10.6. The summed E-state index contributed by atoms with van der Waals surface area (Å²) in [6, 6.07) is 52.5. The van der Waals surface area contributed by atoms with E-state index >= 15 is 0 Å². The van der Waals surface area contributed by atoms with E-state index in [9.17, 15) is 0 Å². The third-order valence-electron chi connectivity index (χ3n) is 5.32. The number of hydrogen-bond donors (Lipinski definition) is 2. The molecule has 5 rings (SSSR count). The van der Waals surface area contributed by atoms with Crippen molar-refractivity contribution in [2.75, 3.05) is 10.2 Å². The van der Waals surface area contributed by atoms with Crippen LogP contribution in [-0.2, 0) is 18.2 Å². The first kappa shape index (κ1) is 26.6. The van der Waals surface area contributed by atoms with Gasteiger partial charge in [0.25, 0.3) is 0 Å². The average molecular weight is 617 g/mol. The number of nitrogens with one attached hydrogen (secondary N) is 2. The summed E-state index contributed by atoms with van der Waals surface area (Å²) in [4.78, 5) is 0. The van der Waals surface area contributed by atoms with Crippen molar-refractivity contribution in [3.8, 4) is 0 Å². The normalized spacial score (nSPS) is 10.5. The van der Waals surface area contributed by atoms with Crippen molar-refractivity contribution in [3.05, 3.63) is 146 Å². The summed E-state index contributed by atoms with van der Waals surface area (Å²) in [6.45, 7) is 0. The molecule has 0 spiro atoms. The Labute approximate surface area is 231 Å². The summed E-state index contributed by atoms with van der Waals surface area (Å²) in [6.07, 6.45) is 0. The number of benzene rings is 5. The first-order valence-corrected chi connectivity index (χ1v) is 16.0. The van der Waals surface area contributed by atoms with Gasteiger partial charge in [0.15, 0.2) is 0 Å².